The average molecular weight is 243 g/mol. The van der Waals surface area contributed by atoms with Crippen molar-refractivity contribution >= 4 is 15.9 Å². The first-order valence-electron chi connectivity index (χ1n) is 4.52. The number of benzene rings is 1. The van der Waals surface area contributed by atoms with Crippen molar-refractivity contribution in [2.75, 3.05) is 0 Å². The lowest BCUT2D eigenvalue weighted by Crippen LogP contribution is -2.01. The second kappa shape index (κ2) is 4.77. The van der Waals surface area contributed by atoms with Crippen LogP contribution >= 0.6 is 15.9 Å². The van der Waals surface area contributed by atoms with E-state index in [2.05, 4.69) is 41.1 Å². The van der Waals surface area contributed by atoms with E-state index in [0.29, 0.717) is 0 Å². The summed E-state index contributed by atoms with van der Waals surface area (Å²) in [6.07, 6.45) is 1.58. The van der Waals surface area contributed by atoms with Crippen LogP contribution in [0.3, 0.4) is 0 Å². The van der Waals surface area contributed by atoms with E-state index in [4.69, 9.17) is 5.11 Å². The number of aliphatic hydroxyl groups excluding tert-OH is 1. The lowest BCUT2D eigenvalue weighted by atomic mass is 10.1. The summed E-state index contributed by atoms with van der Waals surface area (Å²) in [6, 6.07) is 6.32. The van der Waals surface area contributed by atoms with Crippen molar-refractivity contribution in [3.8, 4) is 0 Å². The largest absolute Gasteiger partial charge is 0.393 e. The van der Waals surface area contributed by atoms with E-state index in [9.17, 15) is 0 Å². The van der Waals surface area contributed by atoms with E-state index in [1.54, 1.807) is 0 Å². The van der Waals surface area contributed by atoms with Crippen molar-refractivity contribution in [3.63, 3.8) is 0 Å². The molecule has 0 saturated carbocycles. The first kappa shape index (κ1) is 10.7. The van der Waals surface area contributed by atoms with Crippen LogP contribution in [-0.2, 0) is 6.42 Å². The Balaban J connectivity index is 2.63. The average Bonchev–Trinajstić information content (AvgIpc) is 2.07. The van der Waals surface area contributed by atoms with E-state index in [0.717, 1.165) is 17.3 Å². The maximum atomic E-state index is 9.13. The molecule has 13 heavy (non-hydrogen) atoms. The maximum absolute atomic E-state index is 9.13. The topological polar surface area (TPSA) is 20.2 Å². The Hall–Kier alpha value is -0.340. The van der Waals surface area contributed by atoms with Gasteiger partial charge in [-0.1, -0.05) is 28.1 Å². The van der Waals surface area contributed by atoms with E-state index in [-0.39, 0.29) is 6.10 Å². The van der Waals surface area contributed by atoms with E-state index in [1.165, 1.54) is 11.1 Å². The molecule has 0 fully saturated rings. The summed E-state index contributed by atoms with van der Waals surface area (Å²) in [5.41, 5.74) is 2.55. The second-order valence-corrected chi connectivity index (χ2v) is 4.33. The summed E-state index contributed by atoms with van der Waals surface area (Å²) in [6.45, 7) is 3.90. The van der Waals surface area contributed by atoms with E-state index < -0.39 is 0 Å². The van der Waals surface area contributed by atoms with Crippen LogP contribution in [-0.4, -0.2) is 11.2 Å². The van der Waals surface area contributed by atoms with Gasteiger partial charge in [-0.15, -0.1) is 0 Å². The fraction of sp³-hybridized carbons (Fsp3) is 0.455. The Morgan fingerprint density at radius 2 is 2.15 bits per heavy atom. The smallest absolute Gasteiger partial charge is 0.0515 e. The molecule has 0 aliphatic heterocycles. The van der Waals surface area contributed by atoms with Crippen molar-refractivity contribution in [1.82, 2.24) is 0 Å². The third-order valence-electron chi connectivity index (χ3n) is 2.07. The van der Waals surface area contributed by atoms with Gasteiger partial charge in [-0.05, 0) is 43.9 Å². The van der Waals surface area contributed by atoms with Crippen LogP contribution in [0.15, 0.2) is 22.7 Å². The summed E-state index contributed by atoms with van der Waals surface area (Å²) in [5.74, 6) is 0. The van der Waals surface area contributed by atoms with Crippen molar-refractivity contribution < 1.29 is 5.11 Å². The van der Waals surface area contributed by atoms with Crippen LogP contribution in [0, 0.1) is 6.92 Å². The highest BCUT2D eigenvalue weighted by Gasteiger charge is 1.99. The molecule has 0 spiro atoms. The third kappa shape index (κ3) is 3.49. The van der Waals surface area contributed by atoms with Gasteiger partial charge in [-0.2, -0.15) is 0 Å². The number of halogens is 1. The van der Waals surface area contributed by atoms with Crippen LogP contribution in [0.25, 0.3) is 0 Å². The molecule has 0 aromatic heterocycles. The molecule has 1 rings (SSSR count). The molecule has 0 aliphatic rings. The van der Waals surface area contributed by atoms with Crippen LogP contribution in [0.4, 0.5) is 0 Å². The Bertz CT molecular complexity index is 281. The highest BCUT2D eigenvalue weighted by atomic mass is 79.9. The maximum Gasteiger partial charge on any atom is 0.0515 e. The normalized spacial score (nSPS) is 12.9. The molecule has 0 heterocycles. The zero-order valence-electron chi connectivity index (χ0n) is 8.05. The predicted octanol–water partition coefficient (Wildman–Crippen LogP) is 3.07. The summed E-state index contributed by atoms with van der Waals surface area (Å²) in [4.78, 5) is 0. The van der Waals surface area contributed by atoms with Crippen LogP contribution < -0.4 is 0 Å². The molecule has 0 amide bonds. The van der Waals surface area contributed by atoms with E-state index >= 15 is 0 Å². The van der Waals surface area contributed by atoms with Crippen molar-refractivity contribution in [1.29, 1.82) is 0 Å². The van der Waals surface area contributed by atoms with Gasteiger partial charge < -0.3 is 5.11 Å². The van der Waals surface area contributed by atoms with Crippen LogP contribution in [0.2, 0.25) is 0 Å². The van der Waals surface area contributed by atoms with Gasteiger partial charge in [0.25, 0.3) is 0 Å². The van der Waals surface area contributed by atoms with Gasteiger partial charge in [0.05, 0.1) is 6.10 Å². The number of hydrogen-bond acceptors (Lipinski definition) is 1. The predicted molar refractivity (Wildman–Crippen MR) is 58.9 cm³/mol. The highest BCUT2D eigenvalue weighted by molar-refractivity contribution is 9.10. The molecule has 1 atom stereocenters. The third-order valence-corrected chi connectivity index (χ3v) is 2.96. The first-order chi connectivity index (χ1) is 6.09. The van der Waals surface area contributed by atoms with Gasteiger partial charge in [-0.25, -0.2) is 0 Å². The Morgan fingerprint density at radius 3 is 2.69 bits per heavy atom. The first-order valence-corrected chi connectivity index (χ1v) is 5.32. The summed E-state index contributed by atoms with van der Waals surface area (Å²) < 4.78 is 1.15. The quantitative estimate of drug-likeness (QED) is 0.864. The Labute approximate surface area is 87.9 Å². The van der Waals surface area contributed by atoms with Crippen molar-refractivity contribution in [2.45, 2.75) is 32.8 Å². The molecule has 72 valence electrons. The Morgan fingerprint density at radius 1 is 1.46 bits per heavy atom. The Kier molecular flexibility index (Phi) is 3.94. The van der Waals surface area contributed by atoms with Crippen molar-refractivity contribution in [2.24, 2.45) is 0 Å². The molecular formula is C11H15BrO. The minimum absolute atomic E-state index is 0.205. The monoisotopic (exact) mass is 242 g/mol. The summed E-state index contributed by atoms with van der Waals surface area (Å²) in [5, 5.41) is 9.13. The minimum Gasteiger partial charge on any atom is -0.393 e. The van der Waals surface area contributed by atoms with Crippen LogP contribution in [0.1, 0.15) is 24.5 Å². The van der Waals surface area contributed by atoms with Crippen molar-refractivity contribution in [3.05, 3.63) is 33.8 Å². The lowest BCUT2D eigenvalue weighted by molar-refractivity contribution is 0.185. The van der Waals surface area contributed by atoms with Gasteiger partial charge in [0, 0.05) is 4.47 Å². The van der Waals surface area contributed by atoms with Gasteiger partial charge in [0.1, 0.15) is 0 Å². The zero-order valence-corrected chi connectivity index (χ0v) is 9.63. The molecule has 0 aliphatic carbocycles. The summed E-state index contributed by atoms with van der Waals surface area (Å²) in [7, 11) is 0. The molecule has 1 N–H and O–H groups in total. The minimum atomic E-state index is -0.205. The van der Waals surface area contributed by atoms with Gasteiger partial charge >= 0.3 is 0 Å². The zero-order chi connectivity index (χ0) is 9.84. The van der Waals surface area contributed by atoms with Gasteiger partial charge in [-0.3, -0.25) is 0 Å². The second-order valence-electron chi connectivity index (χ2n) is 3.47. The molecule has 0 radical (unpaired) electrons. The highest BCUT2D eigenvalue weighted by Crippen LogP contribution is 2.18. The number of rotatable bonds is 3. The van der Waals surface area contributed by atoms with Gasteiger partial charge in [0.15, 0.2) is 0 Å². The molecule has 2 heteroatoms. The number of aliphatic hydroxyl groups is 1. The molecule has 0 bridgehead atoms. The molecule has 1 aromatic rings. The van der Waals surface area contributed by atoms with Gasteiger partial charge in [0.2, 0.25) is 0 Å². The molecular weight excluding hydrogens is 228 g/mol. The molecule has 0 saturated heterocycles. The lowest BCUT2D eigenvalue weighted by Gasteiger charge is -2.05. The molecule has 1 unspecified atom stereocenters. The number of aryl methyl sites for hydroxylation is 2. The fourth-order valence-corrected chi connectivity index (χ4v) is 1.48. The standard InChI is InChI=1S/C11H15BrO/c1-8-7-10(4-3-9(2)13)5-6-11(8)12/h5-7,9,13H,3-4H2,1-2H3. The fourth-order valence-electron chi connectivity index (χ4n) is 1.24. The molecule has 1 aromatic carbocycles. The van der Waals surface area contributed by atoms with Crippen LogP contribution in [0.5, 0.6) is 0 Å². The van der Waals surface area contributed by atoms with E-state index in [1.807, 2.05) is 6.92 Å². The number of hydrogen-bond donors (Lipinski definition) is 1. The molecule has 1 nitrogen and oxygen atoms in total. The summed E-state index contributed by atoms with van der Waals surface area (Å²) >= 11 is 3.46. The SMILES string of the molecule is Cc1cc(CCC(C)O)ccc1Br.